The summed E-state index contributed by atoms with van der Waals surface area (Å²) in [5.41, 5.74) is 2.33. The molecule has 144 valence electrons. The van der Waals surface area contributed by atoms with E-state index < -0.39 is 5.91 Å². The van der Waals surface area contributed by atoms with Gasteiger partial charge >= 0.3 is 0 Å². The maximum absolute atomic E-state index is 12.2. The van der Waals surface area contributed by atoms with Crippen molar-refractivity contribution < 1.29 is 14.4 Å². The average Bonchev–Trinajstić information content (AvgIpc) is 2.56. The van der Waals surface area contributed by atoms with E-state index in [1.165, 1.54) is 12.5 Å². The normalized spacial score (nSPS) is 12.0. The summed E-state index contributed by atoms with van der Waals surface area (Å²) < 4.78 is 0. The first-order valence-corrected chi connectivity index (χ1v) is 9.08. The number of carbonyl (C=O) groups is 3. The van der Waals surface area contributed by atoms with Crippen LogP contribution >= 0.6 is 0 Å². The fraction of sp³-hybridized carbons (Fsp3) is 0.550. The van der Waals surface area contributed by atoms with Crippen molar-refractivity contribution in [3.63, 3.8) is 0 Å². The van der Waals surface area contributed by atoms with E-state index >= 15 is 0 Å². The molecule has 0 bridgehead atoms. The molecular formula is C20H31N3O3. The smallest absolute Gasteiger partial charge is 0.239 e. The van der Waals surface area contributed by atoms with E-state index in [1.807, 2.05) is 13.8 Å². The Morgan fingerprint density at radius 3 is 1.96 bits per heavy atom. The van der Waals surface area contributed by atoms with Crippen molar-refractivity contribution in [3.05, 3.63) is 35.4 Å². The van der Waals surface area contributed by atoms with Gasteiger partial charge in [0.1, 0.15) is 0 Å². The highest BCUT2D eigenvalue weighted by molar-refractivity contribution is 5.87. The minimum Gasteiger partial charge on any atom is -0.348 e. The average molecular weight is 361 g/mol. The molecule has 0 saturated heterocycles. The summed E-state index contributed by atoms with van der Waals surface area (Å²) in [6.45, 7) is 9.54. The molecule has 0 saturated carbocycles. The van der Waals surface area contributed by atoms with Crippen LogP contribution in [0.2, 0.25) is 0 Å². The molecule has 6 heteroatoms. The highest BCUT2D eigenvalue weighted by Gasteiger charge is 2.18. The molecule has 0 aromatic heterocycles. The molecule has 3 N–H and O–H groups in total. The molecule has 26 heavy (non-hydrogen) atoms. The standard InChI is InChI=1S/C20H31N3O3/c1-13(2)10-16-6-8-17(9-7-16)20(14(3)4)23-19(26)12-22-18(25)11-21-15(5)24/h6-9,13-14,20H,10-12H2,1-5H3,(H,21,24)(H,22,25)(H,23,26)/t20-/m1/s1. The van der Waals surface area contributed by atoms with Crippen LogP contribution in [0.25, 0.3) is 0 Å². The molecule has 0 fully saturated rings. The highest BCUT2D eigenvalue weighted by atomic mass is 16.2. The maximum Gasteiger partial charge on any atom is 0.239 e. The second-order valence-electron chi connectivity index (χ2n) is 7.32. The molecular weight excluding hydrogens is 330 g/mol. The molecule has 6 nitrogen and oxygen atoms in total. The molecule has 0 unspecified atom stereocenters. The van der Waals surface area contributed by atoms with Gasteiger partial charge in [0, 0.05) is 6.92 Å². The number of nitrogens with one attached hydrogen (secondary N) is 3. The lowest BCUT2D eigenvalue weighted by Crippen LogP contribution is -2.43. The van der Waals surface area contributed by atoms with Crippen LogP contribution < -0.4 is 16.0 Å². The van der Waals surface area contributed by atoms with Gasteiger partial charge in [-0.3, -0.25) is 14.4 Å². The van der Waals surface area contributed by atoms with Crippen molar-refractivity contribution >= 4 is 17.7 Å². The second kappa shape index (κ2) is 10.6. The zero-order valence-corrected chi connectivity index (χ0v) is 16.4. The van der Waals surface area contributed by atoms with Gasteiger partial charge < -0.3 is 16.0 Å². The third kappa shape index (κ3) is 8.14. The Labute approximate surface area is 156 Å². The number of carbonyl (C=O) groups excluding carboxylic acids is 3. The molecule has 1 aromatic carbocycles. The minimum atomic E-state index is -0.394. The molecule has 0 spiro atoms. The van der Waals surface area contributed by atoms with E-state index in [-0.39, 0.29) is 36.9 Å². The van der Waals surface area contributed by atoms with E-state index in [2.05, 4.69) is 54.1 Å². The Morgan fingerprint density at radius 2 is 1.46 bits per heavy atom. The van der Waals surface area contributed by atoms with Gasteiger partial charge in [-0.1, -0.05) is 52.0 Å². The van der Waals surface area contributed by atoms with Gasteiger partial charge in [-0.2, -0.15) is 0 Å². The van der Waals surface area contributed by atoms with Crippen molar-refractivity contribution in [2.24, 2.45) is 11.8 Å². The molecule has 3 amide bonds. The van der Waals surface area contributed by atoms with Crippen LogP contribution in [-0.4, -0.2) is 30.8 Å². The Balaban J connectivity index is 2.60. The predicted octanol–water partition coefficient (Wildman–Crippen LogP) is 1.95. The topological polar surface area (TPSA) is 87.3 Å². The third-order valence-electron chi connectivity index (χ3n) is 3.91. The number of rotatable bonds is 9. The van der Waals surface area contributed by atoms with Crippen LogP contribution in [0.3, 0.4) is 0 Å². The number of amides is 3. The third-order valence-corrected chi connectivity index (χ3v) is 3.91. The number of hydrogen-bond acceptors (Lipinski definition) is 3. The summed E-state index contributed by atoms with van der Waals surface area (Å²) in [5, 5.41) is 7.86. The fourth-order valence-corrected chi connectivity index (χ4v) is 2.64. The summed E-state index contributed by atoms with van der Waals surface area (Å²) in [6, 6.07) is 8.19. The Kier molecular flexibility index (Phi) is 8.82. The van der Waals surface area contributed by atoms with Crippen molar-refractivity contribution in [2.45, 2.75) is 47.1 Å². The molecule has 0 heterocycles. The van der Waals surface area contributed by atoms with Gasteiger partial charge in [-0.25, -0.2) is 0 Å². The second-order valence-corrected chi connectivity index (χ2v) is 7.32. The lowest BCUT2D eigenvalue weighted by Gasteiger charge is -2.23. The zero-order chi connectivity index (χ0) is 19.7. The van der Waals surface area contributed by atoms with Crippen LogP contribution in [0.1, 0.15) is 51.8 Å². The summed E-state index contributed by atoms with van der Waals surface area (Å²) in [5.74, 6) is -0.126. The summed E-state index contributed by atoms with van der Waals surface area (Å²) >= 11 is 0. The highest BCUT2D eigenvalue weighted by Crippen LogP contribution is 2.22. The maximum atomic E-state index is 12.2. The lowest BCUT2D eigenvalue weighted by atomic mass is 9.93. The molecule has 1 rings (SSSR count). The van der Waals surface area contributed by atoms with Crippen LogP contribution in [0, 0.1) is 11.8 Å². The molecule has 0 aliphatic carbocycles. The molecule has 0 aliphatic rings. The summed E-state index contributed by atoms with van der Waals surface area (Å²) in [4.78, 5) is 34.5. The van der Waals surface area contributed by atoms with Crippen molar-refractivity contribution in [1.82, 2.24) is 16.0 Å². The molecule has 1 aromatic rings. The fourth-order valence-electron chi connectivity index (χ4n) is 2.64. The molecule has 0 radical (unpaired) electrons. The van der Waals surface area contributed by atoms with Gasteiger partial charge in [-0.15, -0.1) is 0 Å². The summed E-state index contributed by atoms with van der Waals surface area (Å²) in [7, 11) is 0. The van der Waals surface area contributed by atoms with E-state index in [4.69, 9.17) is 0 Å². The van der Waals surface area contributed by atoms with E-state index in [9.17, 15) is 14.4 Å². The Bertz CT molecular complexity index is 609. The van der Waals surface area contributed by atoms with Crippen molar-refractivity contribution in [3.8, 4) is 0 Å². The monoisotopic (exact) mass is 361 g/mol. The van der Waals surface area contributed by atoms with Crippen molar-refractivity contribution in [1.29, 1.82) is 0 Å². The Morgan fingerprint density at radius 1 is 0.885 bits per heavy atom. The Hall–Kier alpha value is -2.37. The van der Waals surface area contributed by atoms with Gasteiger partial charge in [0.15, 0.2) is 0 Å². The van der Waals surface area contributed by atoms with E-state index in [0.29, 0.717) is 5.92 Å². The quantitative estimate of drug-likeness (QED) is 0.628. The molecule has 0 aliphatic heterocycles. The van der Waals surface area contributed by atoms with E-state index in [1.54, 1.807) is 0 Å². The first-order valence-electron chi connectivity index (χ1n) is 9.08. The van der Waals surface area contributed by atoms with Crippen LogP contribution in [0.15, 0.2) is 24.3 Å². The van der Waals surface area contributed by atoms with E-state index in [0.717, 1.165) is 12.0 Å². The first-order chi connectivity index (χ1) is 12.2. The largest absolute Gasteiger partial charge is 0.348 e. The van der Waals surface area contributed by atoms with Crippen LogP contribution in [0.5, 0.6) is 0 Å². The van der Waals surface area contributed by atoms with Crippen molar-refractivity contribution in [2.75, 3.05) is 13.1 Å². The minimum absolute atomic E-state index is 0.118. The zero-order valence-electron chi connectivity index (χ0n) is 16.4. The first kappa shape index (κ1) is 21.7. The van der Waals surface area contributed by atoms with Gasteiger partial charge in [0.25, 0.3) is 0 Å². The van der Waals surface area contributed by atoms with Crippen LogP contribution in [-0.2, 0) is 20.8 Å². The summed E-state index contributed by atoms with van der Waals surface area (Å²) in [6.07, 6.45) is 1.03. The van der Waals surface area contributed by atoms with Gasteiger partial charge in [0.2, 0.25) is 17.7 Å². The van der Waals surface area contributed by atoms with Gasteiger partial charge in [0.05, 0.1) is 19.1 Å². The van der Waals surface area contributed by atoms with Crippen LogP contribution in [0.4, 0.5) is 0 Å². The molecule has 1 atom stereocenters. The SMILES string of the molecule is CC(=O)NCC(=O)NCC(=O)N[C@@H](c1ccc(CC(C)C)cc1)C(C)C. The lowest BCUT2D eigenvalue weighted by molar-refractivity contribution is -0.127. The predicted molar refractivity (Wildman–Crippen MR) is 102 cm³/mol. The van der Waals surface area contributed by atoms with Gasteiger partial charge in [-0.05, 0) is 29.4 Å². The number of benzene rings is 1. The number of hydrogen-bond donors (Lipinski definition) is 3.